The van der Waals surface area contributed by atoms with E-state index in [4.69, 9.17) is 5.73 Å². The molecular formula is C13H24N2O. The first-order chi connectivity index (χ1) is 7.77. The average Bonchev–Trinajstić information content (AvgIpc) is 3.06. The van der Waals surface area contributed by atoms with Gasteiger partial charge < -0.3 is 11.1 Å². The fraction of sp³-hybridized carbons (Fsp3) is 0.923. The quantitative estimate of drug-likeness (QED) is 0.716. The summed E-state index contributed by atoms with van der Waals surface area (Å²) in [6.07, 6.45) is 9.46. The summed E-state index contributed by atoms with van der Waals surface area (Å²) in [5.41, 5.74) is 6.06. The van der Waals surface area contributed by atoms with Crippen molar-refractivity contribution in [1.29, 1.82) is 0 Å². The standard InChI is InChI=1S/C13H24N2O/c14-12-5-3-1-2-4-11(12)13(16)15-9-8-10-6-7-10/h10-12H,1-9,14H2,(H,15,16). The van der Waals surface area contributed by atoms with Gasteiger partial charge in [-0.1, -0.05) is 32.1 Å². The molecule has 2 rings (SSSR count). The molecule has 1 amide bonds. The second kappa shape index (κ2) is 5.67. The molecular weight excluding hydrogens is 200 g/mol. The van der Waals surface area contributed by atoms with E-state index >= 15 is 0 Å². The van der Waals surface area contributed by atoms with E-state index in [1.807, 2.05) is 0 Å². The molecule has 0 heterocycles. The summed E-state index contributed by atoms with van der Waals surface area (Å²) < 4.78 is 0. The van der Waals surface area contributed by atoms with Crippen molar-refractivity contribution in [1.82, 2.24) is 5.32 Å². The van der Waals surface area contributed by atoms with Gasteiger partial charge in [-0.2, -0.15) is 0 Å². The molecule has 2 aliphatic carbocycles. The molecule has 2 unspecified atom stereocenters. The van der Waals surface area contributed by atoms with E-state index in [0.29, 0.717) is 0 Å². The highest BCUT2D eigenvalue weighted by atomic mass is 16.1. The summed E-state index contributed by atoms with van der Waals surface area (Å²) >= 11 is 0. The molecule has 2 atom stereocenters. The predicted octanol–water partition coefficient (Wildman–Crippen LogP) is 1.81. The van der Waals surface area contributed by atoms with Gasteiger partial charge in [0, 0.05) is 12.6 Å². The lowest BCUT2D eigenvalue weighted by Crippen LogP contribution is -2.41. The number of amides is 1. The molecule has 92 valence electrons. The van der Waals surface area contributed by atoms with Crippen molar-refractivity contribution in [3.8, 4) is 0 Å². The van der Waals surface area contributed by atoms with E-state index in [1.54, 1.807) is 0 Å². The Hall–Kier alpha value is -0.570. The number of nitrogens with one attached hydrogen (secondary N) is 1. The molecule has 0 saturated heterocycles. The second-order valence-electron chi connectivity index (χ2n) is 5.43. The minimum Gasteiger partial charge on any atom is -0.356 e. The molecule has 0 bridgehead atoms. The van der Waals surface area contributed by atoms with Crippen molar-refractivity contribution in [3.63, 3.8) is 0 Å². The maximum atomic E-state index is 12.0. The Morgan fingerprint density at radius 1 is 1.12 bits per heavy atom. The van der Waals surface area contributed by atoms with Crippen molar-refractivity contribution in [2.45, 2.75) is 57.4 Å². The lowest BCUT2D eigenvalue weighted by molar-refractivity contribution is -0.125. The summed E-state index contributed by atoms with van der Waals surface area (Å²) in [6, 6.07) is 0.0865. The average molecular weight is 224 g/mol. The summed E-state index contributed by atoms with van der Waals surface area (Å²) in [5, 5.41) is 3.06. The first-order valence-corrected chi connectivity index (χ1v) is 6.80. The number of nitrogens with two attached hydrogens (primary N) is 1. The van der Waals surface area contributed by atoms with Crippen LogP contribution in [0, 0.1) is 11.8 Å². The van der Waals surface area contributed by atoms with Gasteiger partial charge >= 0.3 is 0 Å². The molecule has 0 aromatic rings. The Morgan fingerprint density at radius 3 is 2.62 bits per heavy atom. The Bertz CT molecular complexity index is 238. The van der Waals surface area contributed by atoms with E-state index in [9.17, 15) is 4.79 Å². The highest BCUT2D eigenvalue weighted by molar-refractivity contribution is 5.79. The lowest BCUT2D eigenvalue weighted by Gasteiger charge is -2.20. The van der Waals surface area contributed by atoms with Crippen LogP contribution in [0.15, 0.2) is 0 Å². The molecule has 0 spiro atoms. The molecule has 0 radical (unpaired) electrons. The van der Waals surface area contributed by atoms with Gasteiger partial charge in [-0.3, -0.25) is 4.79 Å². The molecule has 2 saturated carbocycles. The molecule has 3 nitrogen and oxygen atoms in total. The van der Waals surface area contributed by atoms with Crippen LogP contribution in [0.2, 0.25) is 0 Å². The fourth-order valence-electron chi connectivity index (χ4n) is 2.60. The van der Waals surface area contributed by atoms with Crippen LogP contribution in [0.3, 0.4) is 0 Å². The molecule has 3 heteroatoms. The minimum absolute atomic E-state index is 0.0710. The zero-order valence-corrected chi connectivity index (χ0v) is 10.1. The van der Waals surface area contributed by atoms with E-state index in [2.05, 4.69) is 5.32 Å². The number of rotatable bonds is 4. The van der Waals surface area contributed by atoms with Crippen LogP contribution < -0.4 is 11.1 Å². The largest absolute Gasteiger partial charge is 0.356 e. The third-order valence-electron chi connectivity index (χ3n) is 3.95. The third kappa shape index (κ3) is 3.48. The zero-order chi connectivity index (χ0) is 11.4. The number of carbonyl (C=O) groups is 1. The molecule has 2 fully saturated rings. The molecule has 2 aliphatic rings. The molecule has 0 aromatic carbocycles. The second-order valence-corrected chi connectivity index (χ2v) is 5.43. The Morgan fingerprint density at radius 2 is 1.88 bits per heavy atom. The van der Waals surface area contributed by atoms with Gasteiger partial charge in [0.2, 0.25) is 5.91 Å². The van der Waals surface area contributed by atoms with Gasteiger partial charge in [0.25, 0.3) is 0 Å². The van der Waals surface area contributed by atoms with Crippen LogP contribution in [-0.2, 0) is 4.79 Å². The Labute approximate surface area is 98.2 Å². The van der Waals surface area contributed by atoms with Crippen LogP contribution >= 0.6 is 0 Å². The highest BCUT2D eigenvalue weighted by Gasteiger charge is 2.27. The number of carbonyl (C=O) groups excluding carboxylic acids is 1. The summed E-state index contributed by atoms with van der Waals surface area (Å²) in [7, 11) is 0. The van der Waals surface area contributed by atoms with Crippen LogP contribution in [-0.4, -0.2) is 18.5 Å². The molecule has 3 N–H and O–H groups in total. The summed E-state index contributed by atoms with van der Waals surface area (Å²) in [5.74, 6) is 1.17. The van der Waals surface area contributed by atoms with Crippen molar-refractivity contribution in [3.05, 3.63) is 0 Å². The first-order valence-electron chi connectivity index (χ1n) is 6.80. The lowest BCUT2D eigenvalue weighted by atomic mass is 9.94. The van der Waals surface area contributed by atoms with Gasteiger partial charge in [0.05, 0.1) is 5.92 Å². The Kier molecular flexibility index (Phi) is 4.22. The van der Waals surface area contributed by atoms with Gasteiger partial charge in [0.1, 0.15) is 0 Å². The van der Waals surface area contributed by atoms with Crippen molar-refractivity contribution in [2.24, 2.45) is 17.6 Å². The smallest absolute Gasteiger partial charge is 0.224 e. The van der Waals surface area contributed by atoms with Crippen LogP contribution in [0.1, 0.15) is 51.4 Å². The molecule has 0 aromatic heterocycles. The normalized spacial score (nSPS) is 30.8. The van der Waals surface area contributed by atoms with Gasteiger partial charge in [-0.15, -0.1) is 0 Å². The summed E-state index contributed by atoms with van der Waals surface area (Å²) in [6.45, 7) is 0.854. The monoisotopic (exact) mass is 224 g/mol. The van der Waals surface area contributed by atoms with Crippen molar-refractivity contribution >= 4 is 5.91 Å². The Balaban J connectivity index is 1.72. The van der Waals surface area contributed by atoms with Crippen LogP contribution in [0.25, 0.3) is 0 Å². The van der Waals surface area contributed by atoms with E-state index in [-0.39, 0.29) is 17.9 Å². The summed E-state index contributed by atoms with van der Waals surface area (Å²) in [4.78, 5) is 12.0. The maximum Gasteiger partial charge on any atom is 0.224 e. The highest BCUT2D eigenvalue weighted by Crippen LogP contribution is 2.31. The zero-order valence-electron chi connectivity index (χ0n) is 10.1. The first kappa shape index (κ1) is 11.9. The van der Waals surface area contributed by atoms with E-state index in [0.717, 1.165) is 38.1 Å². The van der Waals surface area contributed by atoms with Crippen molar-refractivity contribution < 1.29 is 4.79 Å². The third-order valence-corrected chi connectivity index (χ3v) is 3.95. The van der Waals surface area contributed by atoms with Gasteiger partial charge in [0.15, 0.2) is 0 Å². The topological polar surface area (TPSA) is 55.1 Å². The minimum atomic E-state index is 0.0710. The predicted molar refractivity (Wildman–Crippen MR) is 64.9 cm³/mol. The SMILES string of the molecule is NC1CCCCCC1C(=O)NCCC1CC1. The number of hydrogen-bond donors (Lipinski definition) is 2. The van der Waals surface area contributed by atoms with Gasteiger partial charge in [-0.05, 0) is 25.2 Å². The van der Waals surface area contributed by atoms with E-state index < -0.39 is 0 Å². The van der Waals surface area contributed by atoms with E-state index in [1.165, 1.54) is 25.7 Å². The number of hydrogen-bond acceptors (Lipinski definition) is 2. The van der Waals surface area contributed by atoms with Crippen molar-refractivity contribution in [2.75, 3.05) is 6.54 Å². The maximum absolute atomic E-state index is 12.0. The van der Waals surface area contributed by atoms with Crippen LogP contribution in [0.5, 0.6) is 0 Å². The van der Waals surface area contributed by atoms with Gasteiger partial charge in [-0.25, -0.2) is 0 Å². The fourth-order valence-corrected chi connectivity index (χ4v) is 2.60. The molecule has 0 aliphatic heterocycles. The molecule has 16 heavy (non-hydrogen) atoms. The van der Waals surface area contributed by atoms with Crippen LogP contribution in [0.4, 0.5) is 0 Å².